The lowest BCUT2D eigenvalue weighted by atomic mass is 10.4. The van der Waals surface area contributed by atoms with E-state index in [1.807, 2.05) is 0 Å². The summed E-state index contributed by atoms with van der Waals surface area (Å²) in [6, 6.07) is 3.21. The number of carboxylic acid groups (broad SMARTS) is 1. The Morgan fingerprint density at radius 2 is 2.11 bits per heavy atom. The highest BCUT2D eigenvalue weighted by atomic mass is 32.1. The number of carbonyl (C=O) groups excluding carboxylic acids is 2. The van der Waals surface area contributed by atoms with Gasteiger partial charge in [0, 0.05) is 18.0 Å². The Balaban J connectivity index is 2.59. The third-order valence-corrected chi connectivity index (χ3v) is 2.98. The Bertz CT molecular complexity index is 493. The second-order valence-electron chi connectivity index (χ2n) is 3.23. The lowest BCUT2D eigenvalue weighted by Crippen LogP contribution is -2.34. The highest BCUT2D eigenvalue weighted by molar-refractivity contribution is 7.14. The first-order chi connectivity index (χ1) is 8.52. The zero-order valence-corrected chi connectivity index (χ0v) is 10.4. The van der Waals surface area contributed by atoms with Crippen molar-refractivity contribution in [3.05, 3.63) is 28.0 Å². The molecule has 0 aliphatic rings. The minimum Gasteiger partial charge on any atom is -0.478 e. The Morgan fingerprint density at radius 3 is 2.72 bits per heavy atom. The van der Waals surface area contributed by atoms with Gasteiger partial charge in [-0.2, -0.15) is 0 Å². The van der Waals surface area contributed by atoms with Gasteiger partial charge in [-0.15, -0.1) is 11.3 Å². The van der Waals surface area contributed by atoms with Crippen molar-refractivity contribution in [1.82, 2.24) is 10.6 Å². The Hall–Kier alpha value is -2.15. The van der Waals surface area contributed by atoms with E-state index in [4.69, 9.17) is 5.11 Å². The third kappa shape index (κ3) is 4.38. The first kappa shape index (κ1) is 13.9. The molecule has 0 unspecified atom stereocenters. The molecule has 0 radical (unpaired) electrons. The van der Waals surface area contributed by atoms with E-state index in [0.29, 0.717) is 9.75 Å². The first-order valence-corrected chi connectivity index (χ1v) is 5.84. The standard InChI is InChI=1S/C11H12N2O4S/c1-12-9(14)6-13-11(17)8-4-2-7(18-8)3-5-10(15)16/h2-5H,6H2,1H3,(H,12,14)(H,13,17)(H,15,16). The minimum atomic E-state index is -1.05. The summed E-state index contributed by atoms with van der Waals surface area (Å²) in [6.45, 7) is -0.0898. The van der Waals surface area contributed by atoms with Crippen LogP contribution in [0.2, 0.25) is 0 Å². The molecule has 0 aliphatic carbocycles. The van der Waals surface area contributed by atoms with E-state index < -0.39 is 5.97 Å². The van der Waals surface area contributed by atoms with Gasteiger partial charge in [-0.3, -0.25) is 9.59 Å². The Morgan fingerprint density at radius 1 is 1.39 bits per heavy atom. The third-order valence-electron chi connectivity index (χ3n) is 1.93. The summed E-state index contributed by atoms with van der Waals surface area (Å²) in [6.07, 6.45) is 2.40. The summed E-state index contributed by atoms with van der Waals surface area (Å²) in [4.78, 5) is 33.9. The van der Waals surface area contributed by atoms with Crippen LogP contribution in [0.3, 0.4) is 0 Å². The van der Waals surface area contributed by atoms with Gasteiger partial charge in [-0.1, -0.05) is 0 Å². The summed E-state index contributed by atoms with van der Waals surface area (Å²) < 4.78 is 0. The molecule has 3 N–H and O–H groups in total. The number of amides is 2. The van der Waals surface area contributed by atoms with E-state index in [-0.39, 0.29) is 18.4 Å². The van der Waals surface area contributed by atoms with E-state index >= 15 is 0 Å². The first-order valence-electron chi connectivity index (χ1n) is 5.02. The van der Waals surface area contributed by atoms with Crippen LogP contribution in [0.25, 0.3) is 6.08 Å². The smallest absolute Gasteiger partial charge is 0.328 e. The van der Waals surface area contributed by atoms with Gasteiger partial charge in [0.15, 0.2) is 0 Å². The molecule has 0 spiro atoms. The number of thiophene rings is 1. The minimum absolute atomic E-state index is 0.0898. The molecular weight excluding hydrogens is 256 g/mol. The van der Waals surface area contributed by atoms with Gasteiger partial charge >= 0.3 is 5.97 Å². The van der Waals surface area contributed by atoms with Crippen molar-refractivity contribution in [3.63, 3.8) is 0 Å². The number of carboxylic acids is 1. The fraction of sp³-hybridized carbons (Fsp3) is 0.182. The monoisotopic (exact) mass is 268 g/mol. The van der Waals surface area contributed by atoms with Crippen molar-refractivity contribution in [2.45, 2.75) is 0 Å². The fourth-order valence-corrected chi connectivity index (χ4v) is 1.88. The van der Waals surface area contributed by atoms with Crippen LogP contribution in [-0.2, 0) is 9.59 Å². The molecule has 2 amide bonds. The number of aliphatic carboxylic acids is 1. The van der Waals surface area contributed by atoms with Crippen molar-refractivity contribution in [2.24, 2.45) is 0 Å². The number of carbonyl (C=O) groups is 3. The van der Waals surface area contributed by atoms with E-state index in [2.05, 4.69) is 10.6 Å². The molecule has 0 atom stereocenters. The van der Waals surface area contributed by atoms with E-state index in [1.54, 1.807) is 12.1 Å². The molecule has 0 aromatic carbocycles. The lowest BCUT2D eigenvalue weighted by molar-refractivity contribution is -0.131. The highest BCUT2D eigenvalue weighted by Crippen LogP contribution is 2.17. The van der Waals surface area contributed by atoms with Crippen molar-refractivity contribution < 1.29 is 19.5 Å². The second-order valence-corrected chi connectivity index (χ2v) is 4.34. The van der Waals surface area contributed by atoms with Gasteiger partial charge in [0.25, 0.3) is 5.91 Å². The number of hydrogen-bond acceptors (Lipinski definition) is 4. The summed E-state index contributed by atoms with van der Waals surface area (Å²) in [5.41, 5.74) is 0. The van der Waals surface area contributed by atoms with Gasteiger partial charge in [-0.25, -0.2) is 4.79 Å². The van der Waals surface area contributed by atoms with Crippen LogP contribution in [0.1, 0.15) is 14.5 Å². The maximum atomic E-state index is 11.6. The number of nitrogens with one attached hydrogen (secondary N) is 2. The lowest BCUT2D eigenvalue weighted by Gasteiger charge is -2.01. The topological polar surface area (TPSA) is 95.5 Å². The molecule has 0 aliphatic heterocycles. The van der Waals surface area contributed by atoms with Crippen LogP contribution < -0.4 is 10.6 Å². The van der Waals surface area contributed by atoms with Gasteiger partial charge in [0.1, 0.15) is 0 Å². The average Bonchev–Trinajstić information content (AvgIpc) is 2.81. The molecule has 0 saturated carbocycles. The number of hydrogen-bond donors (Lipinski definition) is 3. The van der Waals surface area contributed by atoms with Crippen LogP contribution in [-0.4, -0.2) is 36.5 Å². The zero-order chi connectivity index (χ0) is 13.5. The predicted molar refractivity (Wildman–Crippen MR) is 67.4 cm³/mol. The number of rotatable bonds is 5. The SMILES string of the molecule is CNC(=O)CNC(=O)c1ccc(C=CC(=O)O)s1. The van der Waals surface area contributed by atoms with Crippen molar-refractivity contribution >= 4 is 35.2 Å². The second kappa shape index (κ2) is 6.55. The molecule has 0 saturated heterocycles. The molecule has 96 valence electrons. The van der Waals surface area contributed by atoms with Crippen LogP contribution in [0.5, 0.6) is 0 Å². The molecule has 7 heteroatoms. The molecule has 0 fully saturated rings. The van der Waals surface area contributed by atoms with Crippen LogP contribution >= 0.6 is 11.3 Å². The van der Waals surface area contributed by atoms with E-state index in [9.17, 15) is 14.4 Å². The number of likely N-dealkylation sites (N-methyl/N-ethyl adjacent to an activating group) is 1. The Labute approximate surface area is 107 Å². The van der Waals surface area contributed by atoms with Gasteiger partial charge in [-0.05, 0) is 18.2 Å². The van der Waals surface area contributed by atoms with E-state index in [0.717, 1.165) is 17.4 Å². The Kier molecular flexibility index (Phi) is 5.06. The molecule has 1 heterocycles. The van der Waals surface area contributed by atoms with Crippen LogP contribution in [0.4, 0.5) is 0 Å². The molecule has 1 aromatic rings. The summed E-state index contributed by atoms with van der Waals surface area (Å²) in [7, 11) is 1.48. The molecule has 1 aromatic heterocycles. The van der Waals surface area contributed by atoms with Crippen molar-refractivity contribution in [2.75, 3.05) is 13.6 Å². The maximum absolute atomic E-state index is 11.6. The maximum Gasteiger partial charge on any atom is 0.328 e. The van der Waals surface area contributed by atoms with Crippen LogP contribution in [0, 0.1) is 0 Å². The van der Waals surface area contributed by atoms with Crippen molar-refractivity contribution in [1.29, 1.82) is 0 Å². The summed E-state index contributed by atoms with van der Waals surface area (Å²) >= 11 is 1.15. The van der Waals surface area contributed by atoms with Crippen LogP contribution in [0.15, 0.2) is 18.2 Å². The quantitative estimate of drug-likeness (QED) is 0.670. The predicted octanol–water partition coefficient (Wildman–Crippen LogP) is 0.322. The molecule has 18 heavy (non-hydrogen) atoms. The van der Waals surface area contributed by atoms with Gasteiger partial charge in [0.05, 0.1) is 11.4 Å². The summed E-state index contributed by atoms with van der Waals surface area (Å²) in [5.74, 6) is -1.70. The molecule has 6 nitrogen and oxygen atoms in total. The molecular formula is C11H12N2O4S. The van der Waals surface area contributed by atoms with Gasteiger partial charge < -0.3 is 15.7 Å². The largest absolute Gasteiger partial charge is 0.478 e. The normalized spacial score (nSPS) is 10.3. The average molecular weight is 268 g/mol. The summed E-state index contributed by atoms with van der Waals surface area (Å²) in [5, 5.41) is 13.3. The molecule has 0 bridgehead atoms. The zero-order valence-electron chi connectivity index (χ0n) is 9.60. The van der Waals surface area contributed by atoms with E-state index in [1.165, 1.54) is 13.1 Å². The van der Waals surface area contributed by atoms with Crippen molar-refractivity contribution in [3.8, 4) is 0 Å². The van der Waals surface area contributed by atoms with Gasteiger partial charge in [0.2, 0.25) is 5.91 Å². The fourth-order valence-electron chi connectivity index (χ4n) is 1.05. The highest BCUT2D eigenvalue weighted by Gasteiger charge is 2.09. The molecule has 1 rings (SSSR count).